The molecule has 0 heterocycles. The fourth-order valence-corrected chi connectivity index (χ4v) is 4.19. The lowest BCUT2D eigenvalue weighted by Gasteiger charge is -2.55. The minimum atomic E-state index is -4.39. The van der Waals surface area contributed by atoms with Crippen LogP contribution in [0.15, 0.2) is 24.3 Å². The summed E-state index contributed by atoms with van der Waals surface area (Å²) in [5, 5.41) is 0.0286. The quantitative estimate of drug-likeness (QED) is 0.662. The summed E-state index contributed by atoms with van der Waals surface area (Å²) in [7, 11) is 0. The molecule has 0 aromatic heterocycles. The molecule has 1 aromatic carbocycles. The van der Waals surface area contributed by atoms with Crippen LogP contribution in [0.3, 0.4) is 0 Å². The summed E-state index contributed by atoms with van der Waals surface area (Å²) in [5.41, 5.74) is -0.826. The van der Waals surface area contributed by atoms with Crippen molar-refractivity contribution in [3.05, 3.63) is 29.8 Å². The second-order valence-electron chi connectivity index (χ2n) is 6.10. The third-order valence-electron chi connectivity index (χ3n) is 4.93. The highest BCUT2D eigenvalue weighted by Crippen LogP contribution is 2.56. The predicted molar refractivity (Wildman–Crippen MR) is 75.6 cm³/mol. The van der Waals surface area contributed by atoms with Crippen LogP contribution in [-0.2, 0) is 6.18 Å². The van der Waals surface area contributed by atoms with Gasteiger partial charge in [0.2, 0.25) is 0 Å². The Morgan fingerprint density at radius 2 is 1.76 bits per heavy atom. The molecule has 116 valence electrons. The normalized spacial score (nSPS) is 28.2. The van der Waals surface area contributed by atoms with Crippen LogP contribution < -0.4 is 4.74 Å². The van der Waals surface area contributed by atoms with Gasteiger partial charge in [-0.25, -0.2) is 0 Å². The number of hydrogen-bond acceptors (Lipinski definition) is 1. The Morgan fingerprint density at radius 1 is 1.10 bits per heavy atom. The summed E-state index contributed by atoms with van der Waals surface area (Å²) < 4.78 is 44.8. The van der Waals surface area contributed by atoms with Crippen molar-refractivity contribution in [2.45, 2.75) is 56.2 Å². The van der Waals surface area contributed by atoms with E-state index in [4.69, 9.17) is 16.3 Å². The van der Waals surface area contributed by atoms with Crippen molar-refractivity contribution < 1.29 is 17.9 Å². The number of ether oxygens (including phenoxy) is 1. The summed E-state index contributed by atoms with van der Waals surface area (Å²) in [6, 6.07) is 5.44. The summed E-state index contributed by atoms with van der Waals surface area (Å²) in [6.07, 6.45) is 1.32. The van der Waals surface area contributed by atoms with Gasteiger partial charge < -0.3 is 4.74 Å². The first-order chi connectivity index (χ1) is 9.93. The zero-order chi connectivity index (χ0) is 15.1. The molecule has 0 amide bonds. The average Bonchev–Trinajstić information content (AvgIpc) is 2.47. The van der Waals surface area contributed by atoms with Crippen molar-refractivity contribution in [2.24, 2.45) is 5.41 Å². The molecule has 0 N–H and O–H groups in total. The zero-order valence-corrected chi connectivity index (χ0v) is 12.4. The van der Waals surface area contributed by atoms with E-state index in [0.717, 1.165) is 31.7 Å². The first-order valence-electron chi connectivity index (χ1n) is 7.40. The molecule has 2 aliphatic rings. The van der Waals surface area contributed by atoms with Crippen molar-refractivity contribution in [1.29, 1.82) is 0 Å². The molecule has 1 nitrogen and oxygen atoms in total. The van der Waals surface area contributed by atoms with Gasteiger partial charge in [0, 0.05) is 17.2 Å². The van der Waals surface area contributed by atoms with Crippen LogP contribution in [0.2, 0.25) is 0 Å². The maximum atomic E-state index is 13.0. The maximum absolute atomic E-state index is 13.0. The number of benzene rings is 1. The molecular formula is C16H18ClF3O. The van der Waals surface area contributed by atoms with Crippen LogP contribution >= 0.6 is 11.6 Å². The SMILES string of the molecule is FC(F)(F)c1ccccc1OC1CC(Cl)C12CCCCC2. The molecule has 21 heavy (non-hydrogen) atoms. The molecule has 2 fully saturated rings. The Kier molecular flexibility index (Phi) is 3.85. The summed E-state index contributed by atoms with van der Waals surface area (Å²) >= 11 is 6.37. The van der Waals surface area contributed by atoms with Gasteiger partial charge in [0.15, 0.2) is 0 Å². The number of halogens is 4. The molecule has 2 saturated carbocycles. The lowest BCUT2D eigenvalue weighted by atomic mass is 9.58. The van der Waals surface area contributed by atoms with E-state index in [1.54, 1.807) is 6.07 Å². The van der Waals surface area contributed by atoms with Crippen LogP contribution in [0, 0.1) is 5.41 Å². The molecule has 0 aliphatic heterocycles. The molecule has 2 aliphatic carbocycles. The summed E-state index contributed by atoms with van der Waals surface area (Å²) in [4.78, 5) is 0. The van der Waals surface area contributed by atoms with Crippen molar-refractivity contribution >= 4 is 11.6 Å². The zero-order valence-electron chi connectivity index (χ0n) is 11.6. The van der Waals surface area contributed by atoms with E-state index in [1.165, 1.54) is 18.6 Å². The van der Waals surface area contributed by atoms with Crippen LogP contribution in [0.4, 0.5) is 13.2 Å². The average molecular weight is 319 g/mol. The van der Waals surface area contributed by atoms with Crippen molar-refractivity contribution in [1.82, 2.24) is 0 Å². The fourth-order valence-electron chi connectivity index (χ4n) is 3.67. The number of rotatable bonds is 2. The maximum Gasteiger partial charge on any atom is 0.419 e. The highest BCUT2D eigenvalue weighted by Gasteiger charge is 2.56. The van der Waals surface area contributed by atoms with Crippen molar-refractivity contribution in [2.75, 3.05) is 0 Å². The largest absolute Gasteiger partial charge is 0.489 e. The molecule has 0 bridgehead atoms. The van der Waals surface area contributed by atoms with Gasteiger partial charge in [-0.2, -0.15) is 13.2 Å². The lowest BCUT2D eigenvalue weighted by molar-refractivity contribution is -0.141. The molecule has 2 atom stereocenters. The van der Waals surface area contributed by atoms with Crippen LogP contribution in [-0.4, -0.2) is 11.5 Å². The van der Waals surface area contributed by atoms with Crippen molar-refractivity contribution in [3.8, 4) is 5.75 Å². The Bertz CT molecular complexity index is 508. The van der Waals surface area contributed by atoms with Gasteiger partial charge in [0.25, 0.3) is 0 Å². The minimum Gasteiger partial charge on any atom is -0.489 e. The van der Waals surface area contributed by atoms with E-state index >= 15 is 0 Å². The fraction of sp³-hybridized carbons (Fsp3) is 0.625. The van der Waals surface area contributed by atoms with E-state index in [0.29, 0.717) is 6.42 Å². The lowest BCUT2D eigenvalue weighted by Crippen LogP contribution is -2.58. The topological polar surface area (TPSA) is 9.23 Å². The van der Waals surface area contributed by atoms with E-state index in [2.05, 4.69) is 0 Å². The highest BCUT2D eigenvalue weighted by molar-refractivity contribution is 6.21. The van der Waals surface area contributed by atoms with Gasteiger partial charge in [-0.1, -0.05) is 31.4 Å². The second-order valence-corrected chi connectivity index (χ2v) is 6.62. The van der Waals surface area contributed by atoms with Gasteiger partial charge in [0.1, 0.15) is 11.9 Å². The third kappa shape index (κ3) is 2.63. The highest BCUT2D eigenvalue weighted by atomic mass is 35.5. The summed E-state index contributed by atoms with van der Waals surface area (Å²) in [5.74, 6) is -0.0662. The molecule has 1 aromatic rings. The van der Waals surface area contributed by atoms with Gasteiger partial charge in [0.05, 0.1) is 5.56 Å². The number of hydrogen-bond donors (Lipinski definition) is 0. The molecule has 3 rings (SSSR count). The van der Waals surface area contributed by atoms with Crippen LogP contribution in [0.5, 0.6) is 5.75 Å². The first kappa shape index (κ1) is 15.0. The Labute approximate surface area is 127 Å². The monoisotopic (exact) mass is 318 g/mol. The number of para-hydroxylation sites is 1. The van der Waals surface area contributed by atoms with Gasteiger partial charge in [-0.05, 0) is 25.0 Å². The van der Waals surface area contributed by atoms with Gasteiger partial charge in [-0.3, -0.25) is 0 Å². The first-order valence-corrected chi connectivity index (χ1v) is 7.84. The van der Waals surface area contributed by atoms with E-state index in [1.807, 2.05) is 0 Å². The van der Waals surface area contributed by atoms with Crippen molar-refractivity contribution in [3.63, 3.8) is 0 Å². The molecule has 0 saturated heterocycles. The van der Waals surface area contributed by atoms with Gasteiger partial charge >= 0.3 is 6.18 Å². The van der Waals surface area contributed by atoms with E-state index in [9.17, 15) is 13.2 Å². The molecule has 1 spiro atoms. The van der Waals surface area contributed by atoms with E-state index < -0.39 is 11.7 Å². The van der Waals surface area contributed by atoms with Gasteiger partial charge in [-0.15, -0.1) is 11.6 Å². The Hall–Kier alpha value is -0.900. The smallest absolute Gasteiger partial charge is 0.419 e. The molecule has 0 radical (unpaired) electrons. The molecule has 5 heteroatoms. The minimum absolute atomic E-state index is 0.0286. The third-order valence-corrected chi connectivity index (χ3v) is 5.54. The Morgan fingerprint density at radius 3 is 2.38 bits per heavy atom. The molecule has 2 unspecified atom stereocenters. The van der Waals surface area contributed by atoms with E-state index in [-0.39, 0.29) is 22.6 Å². The predicted octanol–water partition coefficient (Wildman–Crippen LogP) is 5.41. The molecular weight excluding hydrogens is 301 g/mol. The standard InChI is InChI=1S/C16H18ClF3O/c17-13-10-14(15(13)8-4-1-5-9-15)21-12-7-3-2-6-11(12)16(18,19)20/h2-3,6-7,13-14H,1,4-5,8-10H2. The van der Waals surface area contributed by atoms with Crippen LogP contribution in [0.1, 0.15) is 44.1 Å². The Balaban J connectivity index is 1.81. The number of alkyl halides is 4. The second kappa shape index (κ2) is 5.38. The summed E-state index contributed by atoms with van der Waals surface area (Å²) in [6.45, 7) is 0. The van der Waals surface area contributed by atoms with Crippen LogP contribution in [0.25, 0.3) is 0 Å².